The minimum absolute atomic E-state index is 0. The van der Waals surface area contributed by atoms with Crippen LogP contribution in [0.4, 0.5) is 17.1 Å². The van der Waals surface area contributed by atoms with Crippen molar-refractivity contribution in [1.82, 2.24) is 4.98 Å². The van der Waals surface area contributed by atoms with Gasteiger partial charge in [-0.25, -0.2) is 0 Å². The number of pyridine rings is 1. The van der Waals surface area contributed by atoms with Crippen LogP contribution in [0.3, 0.4) is 0 Å². The summed E-state index contributed by atoms with van der Waals surface area (Å²) in [5.41, 5.74) is 15.3. The van der Waals surface area contributed by atoms with E-state index in [4.69, 9.17) is 13.8 Å². The number of anilines is 2. The van der Waals surface area contributed by atoms with Gasteiger partial charge in [0.15, 0.2) is 0 Å². The molecule has 7 aromatic carbocycles. The molecule has 0 amide bonds. The number of nitrogens with zero attached hydrogens (tertiary/aromatic N) is 3. The molecule has 64 heavy (non-hydrogen) atoms. The summed E-state index contributed by atoms with van der Waals surface area (Å²) in [6, 6.07) is 60.7. The normalized spacial score (nSPS) is 14.3. The Bertz CT molecular complexity index is 3060. The van der Waals surface area contributed by atoms with Crippen LogP contribution >= 0.6 is 0 Å². The van der Waals surface area contributed by atoms with Crippen LogP contribution < -0.4 is 10.1 Å². The number of aromatic nitrogens is 1. The van der Waals surface area contributed by atoms with E-state index >= 15 is 0 Å². The maximum atomic E-state index is 7.35. The van der Waals surface area contributed by atoms with Gasteiger partial charge in [0, 0.05) is 32.7 Å². The number of benzene rings is 7. The topological polar surface area (TPSA) is 43.4 Å². The van der Waals surface area contributed by atoms with E-state index in [1.165, 1.54) is 44.8 Å². The second kappa shape index (κ2) is 18.6. The summed E-state index contributed by atoms with van der Waals surface area (Å²) in [4.78, 5) is 6.92. The van der Waals surface area contributed by atoms with Crippen LogP contribution in [0, 0.1) is 19.0 Å². The molecule has 0 bridgehead atoms. The Labute approximate surface area is 398 Å². The molecule has 1 aliphatic rings. The van der Waals surface area contributed by atoms with Gasteiger partial charge in [0.1, 0.15) is 5.58 Å². The predicted octanol–water partition coefficient (Wildman–Crippen LogP) is 16.2. The second-order valence-corrected chi connectivity index (χ2v) is 23.1. The molecule has 0 radical (unpaired) electrons. The molecule has 1 atom stereocenters. The van der Waals surface area contributed by atoms with Crippen molar-refractivity contribution >= 4 is 52.3 Å². The fraction of sp³-hybridized carbons (Fsp3) is 0.190. The molecule has 0 fully saturated rings. The third-order valence-corrected chi connectivity index (χ3v) is 14.0. The summed E-state index contributed by atoms with van der Waals surface area (Å²) in [5.74, 6) is 0.596. The Morgan fingerprint density at radius 1 is 0.688 bits per heavy atom. The van der Waals surface area contributed by atoms with Gasteiger partial charge >= 0.3 is 20.1 Å². The first-order valence-electron chi connectivity index (χ1n) is 23.4. The smallest absolute Gasteiger partial charge is 0.661 e. The van der Waals surface area contributed by atoms with Crippen LogP contribution in [0.25, 0.3) is 60.8 Å². The van der Waals surface area contributed by atoms with Gasteiger partial charge in [0.05, 0.1) is 8.07 Å². The zero-order chi connectivity index (χ0) is 46.3. The first-order chi connectivity index (χ1) is 31.7. The molecule has 0 saturated heterocycles. The summed E-state index contributed by atoms with van der Waals surface area (Å²) >= 11 is 0. The molecular formula is C58H54IrN3OSi. The van der Waals surface area contributed by atoms with Crippen molar-refractivity contribution in [2.24, 2.45) is 0 Å². The molecule has 0 spiro atoms. The van der Waals surface area contributed by atoms with Crippen molar-refractivity contribution in [3.05, 3.63) is 204 Å². The number of para-hydroxylation sites is 2. The molecular weight excluding hydrogens is 975 g/mol. The van der Waals surface area contributed by atoms with E-state index in [0.29, 0.717) is 17.4 Å². The zero-order valence-corrected chi connectivity index (χ0v) is 40.8. The maximum Gasteiger partial charge on any atom is 3.00 e. The van der Waals surface area contributed by atoms with Crippen LogP contribution in [0.15, 0.2) is 168 Å². The Balaban J connectivity index is 0.000000244. The molecule has 1 aliphatic heterocycles. The number of hydrogen-bond donors (Lipinski definition) is 0. The van der Waals surface area contributed by atoms with Gasteiger partial charge in [-0.15, -0.1) is 46.6 Å². The van der Waals surface area contributed by atoms with Crippen molar-refractivity contribution < 1.29 is 28.6 Å². The molecule has 0 saturated carbocycles. The van der Waals surface area contributed by atoms with E-state index in [1.807, 2.05) is 24.4 Å². The summed E-state index contributed by atoms with van der Waals surface area (Å²) in [5, 5.41) is 8.87. The fourth-order valence-corrected chi connectivity index (χ4v) is 9.55. The summed E-state index contributed by atoms with van der Waals surface area (Å²) in [7, 11) is -1.34. The monoisotopic (exact) mass is 1030 g/mol. The van der Waals surface area contributed by atoms with E-state index in [-0.39, 0.29) is 26.3 Å². The first kappa shape index (κ1) is 40.7. The van der Waals surface area contributed by atoms with Crippen LogP contribution in [0.5, 0.6) is 0 Å². The van der Waals surface area contributed by atoms with Crippen LogP contribution in [0.1, 0.15) is 72.1 Å². The number of rotatable bonds is 8. The molecule has 1 unspecified atom stereocenters. The van der Waals surface area contributed by atoms with E-state index in [9.17, 15) is 0 Å². The average molecular weight is 1030 g/mol. The van der Waals surface area contributed by atoms with Crippen molar-refractivity contribution in [1.29, 1.82) is 0 Å². The standard InChI is InChI=1S/C43H36N2O.C15H18NSi.Ir/c1-27(2)36-24-32(30-16-9-6-10-17-30)25-37(28(3)4)41(36)45-39-21-12-11-20-38(39)44-43(45)35-19-13-18-34-33-23-22-31(26-40(33)46-42(34)35)29-14-7-5-8-15-29;1-12-5-7-13(8-6-12)15-10-9-14(11-16-15)17(2,3)4;/h5-18,20-28,43H,1-4H3;5-7,9-11H,1-4H3;/q-2;-1;+3/i;1D3;. The Hall–Kier alpha value is -6.04. The number of fused-ring (bicyclic) bond motifs is 4. The zero-order valence-electron chi connectivity index (χ0n) is 40.4. The summed E-state index contributed by atoms with van der Waals surface area (Å²) < 4.78 is 28.8. The van der Waals surface area contributed by atoms with Crippen LogP contribution in [0.2, 0.25) is 19.6 Å². The minimum Gasteiger partial charge on any atom is -0.661 e. The van der Waals surface area contributed by atoms with E-state index in [0.717, 1.165) is 55.7 Å². The van der Waals surface area contributed by atoms with Gasteiger partial charge in [0.2, 0.25) is 0 Å². The Morgan fingerprint density at radius 3 is 1.97 bits per heavy atom. The SMILES string of the molecule is CC(C)c1cc(-c2ccccc2)cc(C(C)C)c1N1c2ccccc2[N-]C1c1[c-]ccc2c1oc1cc(-c3ccccc3)ccc12.[2H]C([2H])([2H])c1c[c-]c(-c2ccc([Si](C)(C)C)cn2)cc1.[Ir+3]. The number of furan rings is 1. The summed E-state index contributed by atoms with van der Waals surface area (Å²) in [6.45, 7) is 13.9. The molecule has 4 nitrogen and oxygen atoms in total. The first-order valence-corrected chi connectivity index (χ1v) is 25.4. The van der Waals surface area contributed by atoms with E-state index in [1.54, 1.807) is 12.1 Å². The largest absolute Gasteiger partial charge is 3.00 e. The van der Waals surface area contributed by atoms with Crippen molar-refractivity contribution in [2.75, 3.05) is 4.90 Å². The molecule has 320 valence electrons. The van der Waals surface area contributed by atoms with Gasteiger partial charge in [-0.3, -0.25) is 0 Å². The molecule has 10 rings (SSSR count). The van der Waals surface area contributed by atoms with Crippen LogP contribution in [-0.4, -0.2) is 13.1 Å². The number of aryl methyl sites for hydroxylation is 1. The van der Waals surface area contributed by atoms with Crippen molar-refractivity contribution in [2.45, 2.75) is 72.2 Å². The van der Waals surface area contributed by atoms with Gasteiger partial charge in [-0.1, -0.05) is 163 Å². The van der Waals surface area contributed by atoms with Gasteiger partial charge < -0.3 is 19.6 Å². The third-order valence-electron chi connectivity index (χ3n) is 12.0. The quantitative estimate of drug-likeness (QED) is 0.113. The second-order valence-electron chi connectivity index (χ2n) is 18.0. The molecule has 0 N–H and O–H groups in total. The molecule has 3 heterocycles. The van der Waals surface area contributed by atoms with E-state index < -0.39 is 14.9 Å². The maximum absolute atomic E-state index is 7.35. The van der Waals surface area contributed by atoms with Gasteiger partial charge in [-0.05, 0) is 86.5 Å². The summed E-state index contributed by atoms with van der Waals surface area (Å²) in [6.07, 6.45) is 1.60. The van der Waals surface area contributed by atoms with Gasteiger partial charge in [0.25, 0.3) is 0 Å². The predicted molar refractivity (Wildman–Crippen MR) is 269 cm³/mol. The molecule has 2 aromatic heterocycles. The minimum atomic E-state index is -2.08. The van der Waals surface area contributed by atoms with Crippen LogP contribution in [-0.2, 0) is 20.1 Å². The van der Waals surface area contributed by atoms with Gasteiger partial charge in [-0.2, -0.15) is 18.2 Å². The van der Waals surface area contributed by atoms with Crippen molar-refractivity contribution in [3.63, 3.8) is 0 Å². The Kier molecular flexibility index (Phi) is 11.8. The molecule has 9 aromatic rings. The molecule has 6 heteroatoms. The fourth-order valence-electron chi connectivity index (χ4n) is 8.52. The molecule has 0 aliphatic carbocycles. The average Bonchev–Trinajstić information content (AvgIpc) is 3.90. The Morgan fingerprint density at radius 2 is 1.36 bits per heavy atom. The van der Waals surface area contributed by atoms with Crippen molar-refractivity contribution in [3.8, 4) is 33.5 Å². The third kappa shape index (κ3) is 8.88. The number of hydrogen-bond acceptors (Lipinski definition) is 3. The van der Waals surface area contributed by atoms with E-state index in [2.05, 4.69) is 191 Å².